The number of carbonyl (C=O) groups excluding carboxylic acids is 2. The molecule has 2 rings (SSSR count). The Balaban J connectivity index is 2.05. The lowest BCUT2D eigenvalue weighted by Gasteiger charge is -2.15. The zero-order valence-electron chi connectivity index (χ0n) is 13.7. The molecule has 0 fully saturated rings. The largest absolute Gasteiger partial charge is 0.449 e. The minimum atomic E-state index is -0.948. The van der Waals surface area contributed by atoms with Crippen molar-refractivity contribution in [1.82, 2.24) is 0 Å². The molecule has 1 atom stereocenters. The lowest BCUT2D eigenvalue weighted by Crippen LogP contribution is -2.30. The Labute approximate surface area is 149 Å². The molecule has 0 saturated heterocycles. The van der Waals surface area contributed by atoms with E-state index in [0.29, 0.717) is 15.8 Å². The molecule has 0 heterocycles. The maximum absolute atomic E-state index is 12.2. The summed E-state index contributed by atoms with van der Waals surface area (Å²) >= 11 is 3.28. The number of hydrogen-bond donors (Lipinski definition) is 2. The highest BCUT2D eigenvalue weighted by atomic mass is 79.9. The zero-order valence-corrected chi connectivity index (χ0v) is 15.3. The molecule has 0 unspecified atom stereocenters. The molecule has 126 valence electrons. The number of nitrogens with one attached hydrogen (secondary N) is 1. The van der Waals surface area contributed by atoms with Crippen molar-refractivity contribution < 1.29 is 14.3 Å². The smallest absolute Gasteiger partial charge is 0.341 e. The molecule has 3 N–H and O–H groups in total. The van der Waals surface area contributed by atoms with Crippen molar-refractivity contribution in [2.75, 3.05) is 11.1 Å². The van der Waals surface area contributed by atoms with Crippen molar-refractivity contribution in [1.29, 1.82) is 0 Å². The number of hydrogen-bond acceptors (Lipinski definition) is 4. The van der Waals surface area contributed by atoms with Crippen LogP contribution in [0.5, 0.6) is 0 Å². The van der Waals surface area contributed by atoms with E-state index in [1.165, 1.54) is 6.92 Å². The van der Waals surface area contributed by atoms with Gasteiger partial charge in [0.2, 0.25) is 0 Å². The number of ether oxygens (including phenoxy) is 1. The van der Waals surface area contributed by atoms with E-state index in [9.17, 15) is 9.59 Å². The number of nitrogens with two attached hydrogens (primary N) is 1. The first-order valence-corrected chi connectivity index (χ1v) is 8.21. The number of rotatable bonds is 4. The number of nitrogen functional groups attached to an aromatic ring is 1. The van der Waals surface area contributed by atoms with Gasteiger partial charge in [0.1, 0.15) is 0 Å². The van der Waals surface area contributed by atoms with Gasteiger partial charge >= 0.3 is 5.97 Å². The number of esters is 1. The average molecular weight is 391 g/mol. The molecule has 0 radical (unpaired) electrons. The fraction of sp³-hybridized carbons (Fsp3) is 0.222. The lowest BCUT2D eigenvalue weighted by atomic mass is 10.1. The topological polar surface area (TPSA) is 81.4 Å². The highest BCUT2D eigenvalue weighted by Crippen LogP contribution is 2.20. The Morgan fingerprint density at radius 2 is 1.88 bits per heavy atom. The predicted molar refractivity (Wildman–Crippen MR) is 98.0 cm³/mol. The summed E-state index contributed by atoms with van der Waals surface area (Å²) in [6, 6.07) is 10.6. The van der Waals surface area contributed by atoms with Gasteiger partial charge < -0.3 is 15.8 Å². The van der Waals surface area contributed by atoms with E-state index in [4.69, 9.17) is 10.5 Å². The number of benzene rings is 2. The number of anilines is 2. The van der Waals surface area contributed by atoms with Crippen LogP contribution in [0.4, 0.5) is 11.4 Å². The molecule has 2 aromatic carbocycles. The van der Waals surface area contributed by atoms with Gasteiger partial charge in [0, 0.05) is 15.8 Å². The van der Waals surface area contributed by atoms with E-state index in [2.05, 4.69) is 21.2 Å². The molecule has 0 spiro atoms. The van der Waals surface area contributed by atoms with Gasteiger partial charge in [-0.25, -0.2) is 4.79 Å². The monoisotopic (exact) mass is 390 g/mol. The average Bonchev–Trinajstić information content (AvgIpc) is 2.52. The second-order valence-corrected chi connectivity index (χ2v) is 6.50. The van der Waals surface area contributed by atoms with Gasteiger partial charge in [-0.1, -0.05) is 33.6 Å². The first kappa shape index (κ1) is 18.0. The first-order chi connectivity index (χ1) is 11.3. The van der Waals surface area contributed by atoms with Crippen LogP contribution in [0.2, 0.25) is 0 Å². The summed E-state index contributed by atoms with van der Waals surface area (Å²) in [5.74, 6) is -1.04. The molecule has 0 aliphatic rings. The number of halogens is 1. The van der Waals surface area contributed by atoms with Crippen LogP contribution in [0, 0.1) is 13.8 Å². The van der Waals surface area contributed by atoms with E-state index >= 15 is 0 Å². The van der Waals surface area contributed by atoms with Gasteiger partial charge in [-0.3, -0.25) is 4.79 Å². The Morgan fingerprint density at radius 1 is 1.17 bits per heavy atom. The summed E-state index contributed by atoms with van der Waals surface area (Å²) in [6.45, 7) is 5.40. The SMILES string of the molecule is Cc1ccc(NC(=O)[C@@H](C)OC(=O)c2cc(Br)ccc2N)c(C)c1. The van der Waals surface area contributed by atoms with Crippen LogP contribution in [0.1, 0.15) is 28.4 Å². The van der Waals surface area contributed by atoms with Crippen molar-refractivity contribution in [3.8, 4) is 0 Å². The standard InChI is InChI=1S/C18H19BrN2O3/c1-10-4-7-16(11(2)8-10)21-17(22)12(3)24-18(23)14-9-13(19)5-6-15(14)20/h4-9,12H,20H2,1-3H3,(H,21,22)/t12-/m1/s1. The van der Waals surface area contributed by atoms with Gasteiger partial charge in [-0.2, -0.15) is 0 Å². The Kier molecular flexibility index (Phi) is 5.62. The van der Waals surface area contributed by atoms with Crippen LogP contribution < -0.4 is 11.1 Å². The summed E-state index contributed by atoms with van der Waals surface area (Å²) in [5, 5.41) is 2.76. The van der Waals surface area contributed by atoms with Crippen molar-refractivity contribution in [2.24, 2.45) is 0 Å². The van der Waals surface area contributed by atoms with Crippen molar-refractivity contribution in [3.05, 3.63) is 57.6 Å². The molecule has 2 aromatic rings. The lowest BCUT2D eigenvalue weighted by molar-refractivity contribution is -0.123. The van der Waals surface area contributed by atoms with Crippen LogP contribution in [-0.2, 0) is 9.53 Å². The van der Waals surface area contributed by atoms with Crippen LogP contribution in [0.25, 0.3) is 0 Å². The summed E-state index contributed by atoms with van der Waals surface area (Å²) in [6.07, 6.45) is -0.948. The van der Waals surface area contributed by atoms with Gasteiger partial charge in [0.15, 0.2) is 6.10 Å². The molecule has 0 aliphatic heterocycles. The molecule has 5 nitrogen and oxygen atoms in total. The third kappa shape index (κ3) is 4.35. The Morgan fingerprint density at radius 3 is 2.54 bits per heavy atom. The maximum atomic E-state index is 12.2. The van der Waals surface area contributed by atoms with Crippen molar-refractivity contribution >= 4 is 39.2 Å². The minimum Gasteiger partial charge on any atom is -0.449 e. The highest BCUT2D eigenvalue weighted by Gasteiger charge is 2.21. The fourth-order valence-electron chi connectivity index (χ4n) is 2.17. The third-order valence-corrected chi connectivity index (χ3v) is 4.02. The quantitative estimate of drug-likeness (QED) is 0.613. The summed E-state index contributed by atoms with van der Waals surface area (Å²) in [4.78, 5) is 24.4. The number of aryl methyl sites for hydroxylation is 2. The molecule has 0 saturated carbocycles. The Bertz CT molecular complexity index is 790. The van der Waals surface area contributed by atoms with Gasteiger partial charge in [-0.05, 0) is 50.6 Å². The zero-order chi connectivity index (χ0) is 17.9. The Hall–Kier alpha value is -2.34. The van der Waals surface area contributed by atoms with E-state index < -0.39 is 18.0 Å². The predicted octanol–water partition coefficient (Wildman–Crippen LogP) is 3.83. The third-order valence-electron chi connectivity index (χ3n) is 3.53. The van der Waals surface area contributed by atoms with Crippen LogP contribution in [0.3, 0.4) is 0 Å². The van der Waals surface area contributed by atoms with Gasteiger partial charge in [0.05, 0.1) is 5.56 Å². The second kappa shape index (κ2) is 7.49. The highest BCUT2D eigenvalue weighted by molar-refractivity contribution is 9.10. The molecule has 1 amide bonds. The first-order valence-electron chi connectivity index (χ1n) is 7.42. The van der Waals surface area contributed by atoms with Crippen LogP contribution >= 0.6 is 15.9 Å². The fourth-order valence-corrected chi connectivity index (χ4v) is 2.53. The summed E-state index contributed by atoms with van der Waals surface area (Å²) in [5.41, 5.74) is 9.03. The molecule has 0 aliphatic carbocycles. The molecule has 0 aromatic heterocycles. The van der Waals surface area contributed by atoms with Crippen LogP contribution in [-0.4, -0.2) is 18.0 Å². The van der Waals surface area contributed by atoms with Crippen molar-refractivity contribution in [3.63, 3.8) is 0 Å². The normalized spacial score (nSPS) is 11.7. The van der Waals surface area contributed by atoms with E-state index in [0.717, 1.165) is 11.1 Å². The summed E-state index contributed by atoms with van der Waals surface area (Å²) < 4.78 is 5.92. The number of amides is 1. The van der Waals surface area contributed by atoms with Gasteiger partial charge in [-0.15, -0.1) is 0 Å². The molecule has 24 heavy (non-hydrogen) atoms. The summed E-state index contributed by atoms with van der Waals surface area (Å²) in [7, 11) is 0. The molecule has 0 bridgehead atoms. The van der Waals surface area contributed by atoms with Crippen molar-refractivity contribution in [2.45, 2.75) is 26.9 Å². The van der Waals surface area contributed by atoms with E-state index in [-0.39, 0.29) is 5.56 Å². The number of carbonyl (C=O) groups is 2. The van der Waals surface area contributed by atoms with E-state index in [1.54, 1.807) is 18.2 Å². The van der Waals surface area contributed by atoms with E-state index in [1.807, 2.05) is 32.0 Å². The maximum Gasteiger partial charge on any atom is 0.341 e. The molecular formula is C18H19BrN2O3. The molecule has 6 heteroatoms. The second-order valence-electron chi connectivity index (χ2n) is 5.59. The minimum absolute atomic E-state index is 0.218. The van der Waals surface area contributed by atoms with Gasteiger partial charge in [0.25, 0.3) is 5.91 Å². The molecular weight excluding hydrogens is 372 g/mol. The van der Waals surface area contributed by atoms with Crippen LogP contribution in [0.15, 0.2) is 40.9 Å².